The molecule has 1 spiro atoms. The summed E-state index contributed by atoms with van der Waals surface area (Å²) in [6.45, 7) is 0. The van der Waals surface area contributed by atoms with Gasteiger partial charge in [-0.25, -0.2) is 15.0 Å². The number of hydrogen-bond acceptors (Lipinski definition) is 5. The summed E-state index contributed by atoms with van der Waals surface area (Å²) in [5, 5.41) is 4.52. The van der Waals surface area contributed by atoms with Crippen molar-refractivity contribution >= 4 is 43.7 Å². The number of nitrogens with zero attached hydrogens (tertiary/aromatic N) is 4. The second kappa shape index (κ2) is 14.8. The number of benzene rings is 10. The van der Waals surface area contributed by atoms with Gasteiger partial charge in [0.15, 0.2) is 17.5 Å². The average Bonchev–Trinajstić information content (AvgIpc) is 4.08. The average molecular weight is 895 g/mol. The number of rotatable bonds is 5. The van der Waals surface area contributed by atoms with Gasteiger partial charge in [-0.2, -0.15) is 0 Å². The quantitative estimate of drug-likeness (QED) is 0.172. The molecule has 10 aromatic carbocycles. The molecule has 13 aromatic rings. The monoisotopic (exact) mass is 894 g/mol. The molecule has 0 unspecified atom stereocenters. The Bertz CT molecular complexity index is 4170. The molecular weight excluding hydrogens is 857 g/mol. The lowest BCUT2D eigenvalue weighted by Gasteiger charge is -2.39. The van der Waals surface area contributed by atoms with Crippen LogP contribution in [-0.4, -0.2) is 19.5 Å². The van der Waals surface area contributed by atoms with E-state index in [9.17, 15) is 0 Å². The summed E-state index contributed by atoms with van der Waals surface area (Å²) < 4.78 is 16.1. The van der Waals surface area contributed by atoms with Crippen molar-refractivity contribution in [1.82, 2.24) is 19.5 Å². The maximum atomic E-state index is 6.92. The molecule has 0 radical (unpaired) electrons. The van der Waals surface area contributed by atoms with Crippen molar-refractivity contribution in [3.05, 3.63) is 253 Å². The highest BCUT2D eigenvalue weighted by Crippen LogP contribution is 2.64. The number of hydrogen-bond donors (Lipinski definition) is 0. The highest BCUT2D eigenvalue weighted by atomic mass is 16.5. The summed E-state index contributed by atoms with van der Waals surface area (Å²) in [4.78, 5) is 15.5. The first kappa shape index (κ1) is 38.7. The van der Waals surface area contributed by atoms with Gasteiger partial charge in [0.25, 0.3) is 0 Å². The molecule has 4 heterocycles. The summed E-state index contributed by atoms with van der Waals surface area (Å²) in [7, 11) is 0. The van der Waals surface area contributed by atoms with E-state index in [4.69, 9.17) is 24.1 Å². The normalized spacial score (nSPS) is 13.1. The van der Waals surface area contributed by atoms with Crippen LogP contribution in [0.2, 0.25) is 0 Å². The molecule has 0 atom stereocenters. The van der Waals surface area contributed by atoms with E-state index in [0.717, 1.165) is 100 Å². The summed E-state index contributed by atoms with van der Waals surface area (Å²) in [5.74, 6) is 3.51. The Kier molecular flexibility index (Phi) is 8.18. The Balaban J connectivity index is 1.06. The van der Waals surface area contributed by atoms with Gasteiger partial charge in [0.2, 0.25) is 0 Å². The minimum atomic E-state index is -0.715. The third-order valence-electron chi connectivity index (χ3n) is 14.5. The number of ether oxygens (including phenoxy) is 1. The SMILES string of the molecule is c1ccc(-c2nc(-c3ccccc3)nc(-c3ccc4c(c3)-c3c(-c5cccc6oc7ccc8c9ccccc9n(-c9ccccc9)c8c7c56)cccc3C43c4ccccc4Oc4ccccc43)n2)cc1. The summed E-state index contributed by atoms with van der Waals surface area (Å²) >= 11 is 0. The summed E-state index contributed by atoms with van der Waals surface area (Å²) in [6.07, 6.45) is 0. The fraction of sp³-hybridized carbons (Fsp3) is 0.0156. The molecule has 1 aliphatic heterocycles. The van der Waals surface area contributed by atoms with Crippen LogP contribution in [0.1, 0.15) is 22.3 Å². The lowest BCUT2D eigenvalue weighted by atomic mass is 9.66. The minimum Gasteiger partial charge on any atom is -0.457 e. The molecule has 0 amide bonds. The topological polar surface area (TPSA) is 66.0 Å². The molecule has 0 N–H and O–H groups in total. The lowest BCUT2D eigenvalue weighted by Crippen LogP contribution is -2.32. The van der Waals surface area contributed by atoms with Crippen LogP contribution in [0.3, 0.4) is 0 Å². The van der Waals surface area contributed by atoms with E-state index < -0.39 is 5.41 Å². The van der Waals surface area contributed by atoms with Crippen molar-refractivity contribution in [2.45, 2.75) is 5.41 Å². The highest BCUT2D eigenvalue weighted by Gasteiger charge is 2.52. The van der Waals surface area contributed by atoms with Crippen LogP contribution < -0.4 is 4.74 Å². The number of furan rings is 1. The van der Waals surface area contributed by atoms with Gasteiger partial charge in [-0.05, 0) is 88.0 Å². The predicted octanol–water partition coefficient (Wildman–Crippen LogP) is 16.0. The number of para-hydroxylation sites is 4. The van der Waals surface area contributed by atoms with Crippen LogP contribution in [0.4, 0.5) is 0 Å². The first-order chi connectivity index (χ1) is 34.7. The van der Waals surface area contributed by atoms with Crippen molar-refractivity contribution < 1.29 is 9.15 Å². The zero-order valence-electron chi connectivity index (χ0n) is 37.5. The van der Waals surface area contributed by atoms with Crippen LogP contribution in [-0.2, 0) is 5.41 Å². The third-order valence-corrected chi connectivity index (χ3v) is 14.5. The van der Waals surface area contributed by atoms with Gasteiger partial charge in [-0.3, -0.25) is 0 Å². The largest absolute Gasteiger partial charge is 0.457 e. The fourth-order valence-corrected chi connectivity index (χ4v) is 11.7. The van der Waals surface area contributed by atoms with E-state index in [1.165, 1.54) is 21.9 Å². The van der Waals surface area contributed by atoms with E-state index in [1.807, 2.05) is 36.4 Å². The van der Waals surface area contributed by atoms with Gasteiger partial charge >= 0.3 is 0 Å². The van der Waals surface area contributed by atoms with Crippen LogP contribution in [0.25, 0.3) is 106 Å². The number of aromatic nitrogens is 4. The molecule has 3 aromatic heterocycles. The molecule has 6 nitrogen and oxygen atoms in total. The highest BCUT2D eigenvalue weighted by molar-refractivity contribution is 6.27. The second-order valence-electron chi connectivity index (χ2n) is 18.2. The van der Waals surface area contributed by atoms with Crippen molar-refractivity contribution in [1.29, 1.82) is 0 Å². The predicted molar refractivity (Wildman–Crippen MR) is 281 cm³/mol. The Hall–Kier alpha value is -9.39. The first-order valence-corrected chi connectivity index (χ1v) is 23.7. The Morgan fingerprint density at radius 1 is 0.371 bits per heavy atom. The van der Waals surface area contributed by atoms with Gasteiger partial charge < -0.3 is 13.7 Å². The van der Waals surface area contributed by atoms with E-state index in [0.29, 0.717) is 17.5 Å². The molecule has 6 heteroatoms. The maximum absolute atomic E-state index is 6.92. The molecule has 0 bridgehead atoms. The Morgan fingerprint density at radius 2 is 0.943 bits per heavy atom. The Labute approximate surface area is 402 Å². The standard InChI is InChI=1S/C64H38N4O2/c1-4-18-39(19-5-1)61-65-62(40-20-6-2-7-21-40)67-63(66-61)41-34-36-48-47(38-41)57-44(25-16-29-51(57)64(48)49-27-11-14-31-53(49)69-54-32-15-12-28-50(54)64)45-26-17-33-55-58(45)59-56(70-55)37-35-46-43-24-10-13-30-52(43)68(60(46)59)42-22-8-3-9-23-42/h1-38H. The van der Waals surface area contributed by atoms with Crippen molar-refractivity contribution in [2.75, 3.05) is 0 Å². The zero-order valence-corrected chi connectivity index (χ0v) is 37.5. The Morgan fingerprint density at radius 3 is 1.66 bits per heavy atom. The van der Waals surface area contributed by atoms with Crippen molar-refractivity contribution in [2.24, 2.45) is 0 Å². The molecule has 2 aliphatic rings. The molecular formula is C64H38N4O2. The van der Waals surface area contributed by atoms with E-state index in [-0.39, 0.29) is 0 Å². The minimum absolute atomic E-state index is 0.599. The van der Waals surface area contributed by atoms with Gasteiger partial charge in [0.05, 0.1) is 21.8 Å². The van der Waals surface area contributed by atoms with Gasteiger partial charge in [-0.15, -0.1) is 0 Å². The lowest BCUT2D eigenvalue weighted by molar-refractivity contribution is 0.436. The molecule has 326 valence electrons. The molecule has 0 fully saturated rings. The van der Waals surface area contributed by atoms with E-state index in [1.54, 1.807) is 0 Å². The van der Waals surface area contributed by atoms with Gasteiger partial charge in [-0.1, -0.05) is 176 Å². The number of fused-ring (bicyclic) bond motifs is 16. The maximum Gasteiger partial charge on any atom is 0.164 e. The summed E-state index contributed by atoms with van der Waals surface area (Å²) in [5.41, 5.74) is 16.0. The van der Waals surface area contributed by atoms with E-state index in [2.05, 4.69) is 199 Å². The van der Waals surface area contributed by atoms with Crippen LogP contribution in [0.5, 0.6) is 11.5 Å². The van der Waals surface area contributed by atoms with E-state index >= 15 is 0 Å². The van der Waals surface area contributed by atoms with Crippen LogP contribution >= 0.6 is 0 Å². The van der Waals surface area contributed by atoms with Crippen LogP contribution in [0, 0.1) is 0 Å². The molecule has 0 saturated carbocycles. The van der Waals surface area contributed by atoms with Crippen LogP contribution in [0.15, 0.2) is 235 Å². The third kappa shape index (κ3) is 5.41. The molecule has 1 aliphatic carbocycles. The second-order valence-corrected chi connectivity index (χ2v) is 18.2. The molecule has 0 saturated heterocycles. The fourth-order valence-electron chi connectivity index (χ4n) is 11.7. The van der Waals surface area contributed by atoms with Crippen molar-refractivity contribution in [3.63, 3.8) is 0 Å². The summed E-state index contributed by atoms with van der Waals surface area (Å²) in [6, 6.07) is 81.2. The zero-order chi connectivity index (χ0) is 45.9. The molecule has 15 rings (SSSR count). The molecule has 70 heavy (non-hydrogen) atoms. The van der Waals surface area contributed by atoms with Gasteiger partial charge in [0, 0.05) is 49.7 Å². The van der Waals surface area contributed by atoms with Crippen molar-refractivity contribution in [3.8, 4) is 73.6 Å². The first-order valence-electron chi connectivity index (χ1n) is 23.7. The van der Waals surface area contributed by atoms with Gasteiger partial charge in [0.1, 0.15) is 22.7 Å². The smallest absolute Gasteiger partial charge is 0.164 e.